The Kier molecular flexibility index (Phi) is 4.50. The Morgan fingerprint density at radius 1 is 1.41 bits per heavy atom. The van der Waals surface area contributed by atoms with Crippen LogP contribution in [0.2, 0.25) is 0 Å². The van der Waals surface area contributed by atoms with E-state index in [2.05, 4.69) is 5.32 Å². The van der Waals surface area contributed by atoms with Crippen LogP contribution in [-0.4, -0.2) is 55.8 Å². The second-order valence-corrected chi connectivity index (χ2v) is 6.63. The number of carbonyl (C=O) groups is 2. The van der Waals surface area contributed by atoms with E-state index in [-0.39, 0.29) is 48.9 Å². The fraction of sp³-hybridized carbons (Fsp3) is 0.800. The van der Waals surface area contributed by atoms with Gasteiger partial charge in [-0.3, -0.25) is 9.59 Å². The lowest BCUT2D eigenvalue weighted by Crippen LogP contribution is -2.42. The van der Waals surface area contributed by atoms with Crippen molar-refractivity contribution in [3.05, 3.63) is 0 Å². The predicted molar refractivity (Wildman–Crippen MR) is 63.1 cm³/mol. The molecule has 2 amide bonds. The fourth-order valence-corrected chi connectivity index (χ4v) is 2.46. The van der Waals surface area contributed by atoms with Crippen molar-refractivity contribution in [3.63, 3.8) is 0 Å². The number of hydrogen-bond acceptors (Lipinski definition) is 4. The predicted octanol–water partition coefficient (Wildman–Crippen LogP) is -0.842. The first-order valence-corrected chi connectivity index (χ1v) is 7.44. The van der Waals surface area contributed by atoms with E-state index in [9.17, 15) is 18.0 Å². The Labute approximate surface area is 101 Å². The minimum absolute atomic E-state index is 0.0463. The SMILES string of the molecule is CCS(=O)(=O)CCN1C(=O)CNC(=O)CC1C. The van der Waals surface area contributed by atoms with E-state index in [1.807, 2.05) is 0 Å². The van der Waals surface area contributed by atoms with Gasteiger partial charge >= 0.3 is 0 Å². The third-order valence-electron chi connectivity index (χ3n) is 2.85. The van der Waals surface area contributed by atoms with Gasteiger partial charge in [0.2, 0.25) is 11.8 Å². The zero-order valence-corrected chi connectivity index (χ0v) is 10.9. The molecular weight excluding hydrogens is 244 g/mol. The second kappa shape index (κ2) is 5.48. The second-order valence-electron chi connectivity index (χ2n) is 4.15. The minimum atomic E-state index is -3.09. The number of amides is 2. The van der Waals surface area contributed by atoms with Crippen LogP contribution in [-0.2, 0) is 19.4 Å². The Hall–Kier alpha value is -1.11. The Morgan fingerprint density at radius 2 is 2.06 bits per heavy atom. The van der Waals surface area contributed by atoms with Crippen molar-refractivity contribution in [1.82, 2.24) is 10.2 Å². The standard InChI is InChI=1S/C10H18N2O4S/c1-3-17(15,16)5-4-12-8(2)6-9(13)11-7-10(12)14/h8H,3-7H2,1-2H3,(H,11,13). The molecule has 98 valence electrons. The van der Waals surface area contributed by atoms with Gasteiger partial charge < -0.3 is 10.2 Å². The molecule has 0 spiro atoms. The molecular formula is C10H18N2O4S. The maximum Gasteiger partial charge on any atom is 0.242 e. The number of nitrogens with zero attached hydrogens (tertiary/aromatic N) is 1. The average Bonchev–Trinajstić information content (AvgIpc) is 2.37. The summed E-state index contributed by atoms with van der Waals surface area (Å²) in [6.07, 6.45) is 0.220. The van der Waals surface area contributed by atoms with Gasteiger partial charge in [-0.1, -0.05) is 6.92 Å². The highest BCUT2D eigenvalue weighted by Gasteiger charge is 2.27. The van der Waals surface area contributed by atoms with E-state index in [1.165, 1.54) is 4.90 Å². The van der Waals surface area contributed by atoms with Gasteiger partial charge in [-0.05, 0) is 6.92 Å². The average molecular weight is 262 g/mol. The first-order valence-electron chi connectivity index (χ1n) is 5.62. The van der Waals surface area contributed by atoms with Gasteiger partial charge in [-0.25, -0.2) is 8.42 Å². The number of nitrogens with one attached hydrogen (secondary N) is 1. The highest BCUT2D eigenvalue weighted by atomic mass is 32.2. The van der Waals surface area contributed by atoms with Gasteiger partial charge in [0.25, 0.3) is 0 Å². The molecule has 1 aliphatic heterocycles. The summed E-state index contributed by atoms with van der Waals surface area (Å²) < 4.78 is 22.8. The highest BCUT2D eigenvalue weighted by Crippen LogP contribution is 2.08. The summed E-state index contributed by atoms with van der Waals surface area (Å²) in [6, 6.07) is -0.253. The van der Waals surface area contributed by atoms with Crippen LogP contribution in [0.15, 0.2) is 0 Å². The zero-order chi connectivity index (χ0) is 13.1. The molecule has 0 aliphatic carbocycles. The zero-order valence-electron chi connectivity index (χ0n) is 10.1. The van der Waals surface area contributed by atoms with Crippen LogP contribution in [0.3, 0.4) is 0 Å². The summed E-state index contributed by atoms with van der Waals surface area (Å²) in [5.74, 6) is -0.379. The number of rotatable bonds is 4. The molecule has 0 aromatic heterocycles. The molecule has 6 nitrogen and oxygen atoms in total. The molecule has 1 rings (SSSR count). The summed E-state index contributed by atoms with van der Waals surface area (Å²) in [5.41, 5.74) is 0. The van der Waals surface area contributed by atoms with Crippen molar-refractivity contribution < 1.29 is 18.0 Å². The van der Waals surface area contributed by atoms with Crippen LogP contribution in [0.4, 0.5) is 0 Å². The summed E-state index contributed by atoms with van der Waals surface area (Å²) in [6.45, 7) is 3.44. The molecule has 0 radical (unpaired) electrons. The highest BCUT2D eigenvalue weighted by molar-refractivity contribution is 7.91. The number of hydrogen-bond donors (Lipinski definition) is 1. The topological polar surface area (TPSA) is 83.6 Å². The van der Waals surface area contributed by atoms with Crippen molar-refractivity contribution >= 4 is 21.7 Å². The smallest absolute Gasteiger partial charge is 0.242 e. The summed E-state index contributed by atoms with van der Waals surface area (Å²) in [4.78, 5) is 24.4. The molecule has 7 heteroatoms. The molecule has 1 heterocycles. The van der Waals surface area contributed by atoms with Crippen LogP contribution >= 0.6 is 0 Å². The lowest BCUT2D eigenvalue weighted by molar-refractivity contribution is -0.131. The van der Waals surface area contributed by atoms with Gasteiger partial charge in [-0.2, -0.15) is 0 Å². The van der Waals surface area contributed by atoms with Crippen LogP contribution in [0.25, 0.3) is 0 Å². The molecule has 0 aromatic carbocycles. The molecule has 1 unspecified atom stereocenters. The minimum Gasteiger partial charge on any atom is -0.347 e. The first kappa shape index (κ1) is 14.0. The Bertz CT molecular complexity index is 405. The number of carbonyl (C=O) groups excluding carboxylic acids is 2. The number of sulfone groups is 1. The molecule has 0 aromatic rings. The largest absolute Gasteiger partial charge is 0.347 e. The van der Waals surface area contributed by atoms with Crippen LogP contribution in [0.1, 0.15) is 20.3 Å². The Morgan fingerprint density at radius 3 is 2.65 bits per heavy atom. The van der Waals surface area contributed by atoms with Gasteiger partial charge in [0.05, 0.1) is 12.3 Å². The molecule has 0 saturated carbocycles. The summed E-state index contributed by atoms with van der Waals surface area (Å²) in [7, 11) is -3.09. The van der Waals surface area contributed by atoms with Crippen molar-refractivity contribution in [2.45, 2.75) is 26.3 Å². The van der Waals surface area contributed by atoms with Gasteiger partial charge in [-0.15, -0.1) is 0 Å². The molecule has 17 heavy (non-hydrogen) atoms. The molecule has 1 saturated heterocycles. The maximum atomic E-state index is 11.7. The van der Waals surface area contributed by atoms with E-state index in [4.69, 9.17) is 0 Å². The molecule has 1 atom stereocenters. The summed E-state index contributed by atoms with van der Waals surface area (Å²) >= 11 is 0. The fourth-order valence-electron chi connectivity index (χ4n) is 1.70. The van der Waals surface area contributed by atoms with Crippen molar-refractivity contribution in [3.8, 4) is 0 Å². The van der Waals surface area contributed by atoms with E-state index in [1.54, 1.807) is 13.8 Å². The van der Waals surface area contributed by atoms with Crippen molar-refractivity contribution in [1.29, 1.82) is 0 Å². The quantitative estimate of drug-likeness (QED) is 0.716. The normalized spacial score (nSPS) is 22.2. The first-order chi connectivity index (χ1) is 7.85. The lowest BCUT2D eigenvalue weighted by atomic mass is 10.2. The van der Waals surface area contributed by atoms with Gasteiger partial charge in [0, 0.05) is 24.8 Å². The van der Waals surface area contributed by atoms with E-state index in [0.29, 0.717) is 0 Å². The van der Waals surface area contributed by atoms with Gasteiger partial charge in [0.15, 0.2) is 9.84 Å². The molecule has 0 bridgehead atoms. The van der Waals surface area contributed by atoms with Crippen molar-refractivity contribution in [2.24, 2.45) is 0 Å². The van der Waals surface area contributed by atoms with E-state index in [0.717, 1.165) is 0 Å². The maximum absolute atomic E-state index is 11.7. The molecule has 1 N–H and O–H groups in total. The van der Waals surface area contributed by atoms with E-state index >= 15 is 0 Å². The third kappa shape index (κ3) is 3.99. The molecule has 1 fully saturated rings. The van der Waals surface area contributed by atoms with Crippen LogP contribution < -0.4 is 5.32 Å². The Balaban J connectivity index is 2.67. The van der Waals surface area contributed by atoms with Crippen molar-refractivity contribution in [2.75, 3.05) is 24.6 Å². The van der Waals surface area contributed by atoms with Crippen LogP contribution in [0.5, 0.6) is 0 Å². The monoisotopic (exact) mass is 262 g/mol. The van der Waals surface area contributed by atoms with Gasteiger partial charge in [0.1, 0.15) is 0 Å². The lowest BCUT2D eigenvalue weighted by Gasteiger charge is -2.26. The summed E-state index contributed by atoms with van der Waals surface area (Å²) in [5, 5.41) is 2.49. The third-order valence-corrected chi connectivity index (χ3v) is 4.54. The molecule has 1 aliphatic rings. The van der Waals surface area contributed by atoms with Crippen LogP contribution in [0, 0.1) is 0 Å². The van der Waals surface area contributed by atoms with E-state index < -0.39 is 9.84 Å².